The molecule has 76 valence electrons. The van der Waals surface area contributed by atoms with Gasteiger partial charge in [-0.15, -0.1) is 0 Å². The fourth-order valence-corrected chi connectivity index (χ4v) is 2.56. The molecule has 0 bridgehead atoms. The van der Waals surface area contributed by atoms with Crippen molar-refractivity contribution in [1.29, 1.82) is 0 Å². The van der Waals surface area contributed by atoms with Crippen molar-refractivity contribution in [2.24, 2.45) is 0 Å². The molecule has 0 saturated heterocycles. The van der Waals surface area contributed by atoms with Gasteiger partial charge >= 0.3 is 0 Å². The summed E-state index contributed by atoms with van der Waals surface area (Å²) in [5, 5.41) is 1.42. The molecule has 2 nitrogen and oxygen atoms in total. The first-order valence-corrected chi connectivity index (χ1v) is 7.88. The van der Waals surface area contributed by atoms with E-state index in [1.54, 1.807) is 0 Å². The molecule has 1 heterocycles. The molecule has 0 saturated carbocycles. The Morgan fingerprint density at radius 1 is 1.07 bits per heavy atom. The monoisotopic (exact) mass is 208 g/mol. The molecule has 0 radical (unpaired) electrons. The second-order valence-electron chi connectivity index (χ2n) is 4.46. The van der Waals surface area contributed by atoms with Crippen LogP contribution in [0, 0.1) is 0 Å². The van der Waals surface area contributed by atoms with Crippen LogP contribution in [0.4, 0.5) is 0 Å². The van der Waals surface area contributed by atoms with E-state index in [4.69, 9.17) is 9.47 Å². The normalized spacial score (nSPS) is 17.5. The number of ether oxygens (including phenoxy) is 2. The predicted octanol–water partition coefficient (Wildman–Crippen LogP) is 1.89. The largest absolute Gasteiger partial charge is 0.449 e. The lowest BCUT2D eigenvalue weighted by molar-refractivity contribution is -0.0431. The molecule has 0 aliphatic carbocycles. The minimum Gasteiger partial charge on any atom is -0.449 e. The highest BCUT2D eigenvalue weighted by molar-refractivity contribution is 6.70. The molecule has 0 fully saturated rings. The van der Waals surface area contributed by atoms with Crippen molar-refractivity contribution in [1.82, 2.24) is 0 Å². The molecule has 0 spiro atoms. The lowest BCUT2D eigenvalue weighted by atomic mass is 10.3. The molecular weight excluding hydrogens is 192 g/mol. The average Bonchev–Trinajstić information content (AvgIpc) is 2.36. The number of rotatable bonds is 1. The van der Waals surface area contributed by atoms with Crippen LogP contribution in [-0.2, 0) is 0 Å². The fourth-order valence-electron chi connectivity index (χ4n) is 1.60. The van der Waals surface area contributed by atoms with Crippen LogP contribution in [0.3, 0.4) is 0 Å². The number of benzene rings is 1. The maximum Gasteiger partial charge on any atom is 0.246 e. The topological polar surface area (TPSA) is 18.5 Å². The molecule has 1 aliphatic heterocycles. The SMILES string of the molecule is C[SiH](C)c1ccc2c(c1)OC(C)(C)O2. The van der Waals surface area contributed by atoms with E-state index < -0.39 is 14.6 Å². The highest BCUT2D eigenvalue weighted by Gasteiger charge is 2.31. The molecule has 14 heavy (non-hydrogen) atoms. The van der Waals surface area contributed by atoms with Gasteiger partial charge in [-0.2, -0.15) is 0 Å². The van der Waals surface area contributed by atoms with Gasteiger partial charge in [0.1, 0.15) is 0 Å². The fraction of sp³-hybridized carbons (Fsp3) is 0.455. The summed E-state index contributed by atoms with van der Waals surface area (Å²) in [5.41, 5.74) is 0. The Morgan fingerprint density at radius 3 is 2.36 bits per heavy atom. The van der Waals surface area contributed by atoms with Crippen LogP contribution in [0.2, 0.25) is 13.1 Å². The number of hydrogen-bond acceptors (Lipinski definition) is 2. The van der Waals surface area contributed by atoms with Gasteiger partial charge in [0.05, 0.1) is 8.80 Å². The van der Waals surface area contributed by atoms with Crippen LogP contribution in [0.15, 0.2) is 18.2 Å². The van der Waals surface area contributed by atoms with E-state index in [0.717, 1.165) is 11.5 Å². The molecule has 0 unspecified atom stereocenters. The first-order valence-electron chi connectivity index (χ1n) is 5.00. The van der Waals surface area contributed by atoms with Gasteiger partial charge in [0.2, 0.25) is 5.79 Å². The molecule has 0 amide bonds. The summed E-state index contributed by atoms with van der Waals surface area (Å²) < 4.78 is 11.3. The van der Waals surface area contributed by atoms with Gasteiger partial charge in [-0.3, -0.25) is 0 Å². The van der Waals surface area contributed by atoms with E-state index in [0.29, 0.717) is 0 Å². The van der Waals surface area contributed by atoms with Gasteiger partial charge < -0.3 is 9.47 Å². The first kappa shape index (κ1) is 9.59. The first-order chi connectivity index (χ1) is 6.48. The average molecular weight is 208 g/mol. The Morgan fingerprint density at radius 2 is 1.71 bits per heavy atom. The van der Waals surface area contributed by atoms with E-state index in [1.807, 2.05) is 19.9 Å². The van der Waals surface area contributed by atoms with Crippen molar-refractivity contribution in [3.63, 3.8) is 0 Å². The second-order valence-corrected chi connectivity index (χ2v) is 7.44. The van der Waals surface area contributed by atoms with Crippen molar-refractivity contribution in [3.8, 4) is 11.5 Å². The third-order valence-corrected chi connectivity index (χ3v) is 4.04. The maximum absolute atomic E-state index is 5.69. The zero-order valence-corrected chi connectivity index (χ0v) is 10.3. The molecule has 0 aromatic heterocycles. The van der Waals surface area contributed by atoms with Gasteiger partial charge in [-0.25, -0.2) is 0 Å². The highest BCUT2D eigenvalue weighted by Crippen LogP contribution is 2.37. The minimum absolute atomic E-state index is 0.501. The predicted molar refractivity (Wildman–Crippen MR) is 60.3 cm³/mol. The third kappa shape index (κ3) is 1.64. The van der Waals surface area contributed by atoms with E-state index in [9.17, 15) is 0 Å². The lowest BCUT2D eigenvalue weighted by Crippen LogP contribution is -2.29. The quantitative estimate of drug-likeness (QED) is 0.656. The Hall–Kier alpha value is -0.963. The van der Waals surface area contributed by atoms with Gasteiger partial charge in [0, 0.05) is 13.8 Å². The van der Waals surface area contributed by atoms with Crippen molar-refractivity contribution in [2.45, 2.75) is 32.7 Å². The Bertz CT molecular complexity index is 358. The molecule has 1 aliphatic rings. The van der Waals surface area contributed by atoms with Crippen LogP contribution < -0.4 is 14.7 Å². The van der Waals surface area contributed by atoms with Gasteiger partial charge in [-0.1, -0.05) is 24.3 Å². The molecule has 0 N–H and O–H groups in total. The van der Waals surface area contributed by atoms with Crippen LogP contribution in [-0.4, -0.2) is 14.6 Å². The summed E-state index contributed by atoms with van der Waals surface area (Å²) in [6.45, 7) is 8.48. The summed E-state index contributed by atoms with van der Waals surface area (Å²) in [4.78, 5) is 0. The summed E-state index contributed by atoms with van der Waals surface area (Å²) >= 11 is 0. The Labute approximate surface area is 86.5 Å². The summed E-state index contributed by atoms with van der Waals surface area (Å²) in [5.74, 6) is 1.27. The zero-order valence-electron chi connectivity index (χ0n) is 9.13. The number of hydrogen-bond donors (Lipinski definition) is 0. The van der Waals surface area contributed by atoms with Crippen molar-refractivity contribution >= 4 is 14.0 Å². The lowest BCUT2D eigenvalue weighted by Gasteiger charge is -2.16. The maximum atomic E-state index is 5.69. The highest BCUT2D eigenvalue weighted by atomic mass is 28.3. The zero-order chi connectivity index (χ0) is 10.3. The Balaban J connectivity index is 2.36. The van der Waals surface area contributed by atoms with E-state index in [1.165, 1.54) is 5.19 Å². The second kappa shape index (κ2) is 3.02. The van der Waals surface area contributed by atoms with Gasteiger partial charge in [0.25, 0.3) is 0 Å². The van der Waals surface area contributed by atoms with Crippen LogP contribution in [0.1, 0.15) is 13.8 Å². The molecule has 2 rings (SSSR count). The summed E-state index contributed by atoms with van der Waals surface area (Å²) in [6.07, 6.45) is 0. The third-order valence-electron chi connectivity index (χ3n) is 2.35. The molecule has 0 atom stereocenters. The van der Waals surface area contributed by atoms with Gasteiger partial charge in [-0.05, 0) is 12.1 Å². The van der Waals surface area contributed by atoms with Crippen LogP contribution in [0.5, 0.6) is 11.5 Å². The van der Waals surface area contributed by atoms with Crippen molar-refractivity contribution in [2.75, 3.05) is 0 Å². The smallest absolute Gasteiger partial charge is 0.246 e. The number of fused-ring (bicyclic) bond motifs is 1. The standard InChI is InChI=1S/C11H16O2Si/c1-11(2)12-9-6-5-8(14(3)4)7-10(9)13-11/h5-7,14H,1-4H3. The summed E-state index contributed by atoms with van der Waals surface area (Å²) in [6, 6.07) is 6.30. The van der Waals surface area contributed by atoms with Crippen LogP contribution >= 0.6 is 0 Å². The summed E-state index contributed by atoms with van der Waals surface area (Å²) in [7, 11) is -0.742. The molecule has 1 aromatic rings. The minimum atomic E-state index is -0.742. The Kier molecular flexibility index (Phi) is 2.07. The van der Waals surface area contributed by atoms with Gasteiger partial charge in [0.15, 0.2) is 11.5 Å². The van der Waals surface area contributed by atoms with E-state index in [2.05, 4.69) is 25.2 Å². The van der Waals surface area contributed by atoms with Crippen molar-refractivity contribution in [3.05, 3.63) is 18.2 Å². The molecular formula is C11H16O2Si. The van der Waals surface area contributed by atoms with E-state index >= 15 is 0 Å². The molecule has 1 aromatic carbocycles. The molecule has 3 heteroatoms. The van der Waals surface area contributed by atoms with Crippen LogP contribution in [0.25, 0.3) is 0 Å². The van der Waals surface area contributed by atoms with E-state index in [-0.39, 0.29) is 0 Å². The van der Waals surface area contributed by atoms with Crippen molar-refractivity contribution < 1.29 is 9.47 Å².